The van der Waals surface area contributed by atoms with Crippen molar-refractivity contribution in [1.82, 2.24) is 0 Å². The van der Waals surface area contributed by atoms with Crippen LogP contribution in [0.1, 0.15) is 49.3 Å². The lowest BCUT2D eigenvalue weighted by Crippen LogP contribution is -2.15. The third-order valence-electron chi connectivity index (χ3n) is 4.10. The number of hydrogen-bond donors (Lipinski definition) is 0. The Morgan fingerprint density at radius 1 is 1.14 bits per heavy atom. The van der Waals surface area contributed by atoms with Crippen molar-refractivity contribution in [3.8, 4) is 0 Å². The number of benzene rings is 2. The summed E-state index contributed by atoms with van der Waals surface area (Å²) in [7, 11) is 0. The molecule has 2 rings (SSSR count). The largest absolute Gasteiger partial charge is 0.207 e. The summed E-state index contributed by atoms with van der Waals surface area (Å²) in [6.45, 7) is 6.61. The molecule has 0 saturated carbocycles. The maximum atomic E-state index is 14.0. The van der Waals surface area contributed by atoms with Crippen molar-refractivity contribution in [3.63, 3.8) is 0 Å². The van der Waals surface area contributed by atoms with Crippen LogP contribution in [0.5, 0.6) is 0 Å². The number of rotatable bonds is 4. The van der Waals surface area contributed by atoms with E-state index in [1.54, 1.807) is 6.07 Å². The Hall–Kier alpha value is -0.860. The van der Waals surface area contributed by atoms with E-state index in [4.69, 9.17) is 11.6 Å². The van der Waals surface area contributed by atoms with E-state index in [0.717, 1.165) is 12.0 Å². The lowest BCUT2D eigenvalue weighted by Gasteiger charge is -2.24. The molecule has 1 unspecified atom stereocenters. The summed E-state index contributed by atoms with van der Waals surface area (Å²) >= 11 is 9.69. The van der Waals surface area contributed by atoms with Gasteiger partial charge in [-0.25, -0.2) is 4.39 Å². The van der Waals surface area contributed by atoms with Crippen LogP contribution in [0.3, 0.4) is 0 Å². The maximum Gasteiger partial charge on any atom is 0.129 e. The molecule has 0 aliphatic rings. The van der Waals surface area contributed by atoms with Crippen LogP contribution >= 0.6 is 27.5 Å². The van der Waals surface area contributed by atoms with Crippen molar-refractivity contribution in [2.45, 2.75) is 38.0 Å². The average Bonchev–Trinajstić information content (AvgIpc) is 2.47. The second kappa shape index (κ2) is 6.50. The lowest BCUT2D eigenvalue weighted by molar-refractivity contribution is 0.506. The van der Waals surface area contributed by atoms with Gasteiger partial charge < -0.3 is 0 Å². The van der Waals surface area contributed by atoms with Gasteiger partial charge in [0.05, 0.1) is 5.38 Å². The first-order chi connectivity index (χ1) is 9.85. The molecule has 0 fully saturated rings. The van der Waals surface area contributed by atoms with E-state index >= 15 is 0 Å². The first-order valence-corrected chi connectivity index (χ1v) is 8.27. The van der Waals surface area contributed by atoms with E-state index in [2.05, 4.69) is 48.8 Å². The molecular weight excluding hydrogens is 351 g/mol. The van der Waals surface area contributed by atoms with Crippen molar-refractivity contribution in [2.75, 3.05) is 0 Å². The van der Waals surface area contributed by atoms with E-state index in [1.807, 2.05) is 18.2 Å². The Morgan fingerprint density at radius 2 is 1.76 bits per heavy atom. The van der Waals surface area contributed by atoms with Crippen LogP contribution in [0.15, 0.2) is 46.9 Å². The third kappa shape index (κ3) is 3.67. The molecule has 0 spiro atoms. The Balaban J connectivity index is 2.30. The molecule has 0 N–H and O–H groups in total. The van der Waals surface area contributed by atoms with E-state index in [9.17, 15) is 4.39 Å². The van der Waals surface area contributed by atoms with Crippen LogP contribution in [-0.2, 0) is 5.41 Å². The molecule has 1 atom stereocenters. The summed E-state index contributed by atoms with van der Waals surface area (Å²) in [6, 6.07) is 13.1. The molecule has 0 aliphatic carbocycles. The molecule has 0 amide bonds. The van der Waals surface area contributed by atoms with Gasteiger partial charge in [0.1, 0.15) is 5.82 Å². The summed E-state index contributed by atoms with van der Waals surface area (Å²) < 4.78 is 14.7. The zero-order chi connectivity index (χ0) is 15.6. The Morgan fingerprint density at radius 3 is 2.29 bits per heavy atom. The molecule has 0 saturated heterocycles. The summed E-state index contributed by atoms with van der Waals surface area (Å²) in [5.41, 5.74) is 2.83. The van der Waals surface area contributed by atoms with Crippen LogP contribution in [0.2, 0.25) is 0 Å². The number of alkyl halides is 1. The smallest absolute Gasteiger partial charge is 0.129 e. The molecule has 21 heavy (non-hydrogen) atoms. The Bertz CT molecular complexity index is 620. The third-order valence-corrected chi connectivity index (χ3v) is 5.08. The minimum absolute atomic E-state index is 0.142. The van der Waals surface area contributed by atoms with E-state index < -0.39 is 5.38 Å². The fourth-order valence-electron chi connectivity index (χ4n) is 2.19. The van der Waals surface area contributed by atoms with Gasteiger partial charge in [-0.1, -0.05) is 67.0 Å². The van der Waals surface area contributed by atoms with Gasteiger partial charge in [0.2, 0.25) is 0 Å². The molecule has 0 nitrogen and oxygen atoms in total. The van der Waals surface area contributed by atoms with Crippen molar-refractivity contribution in [2.24, 2.45) is 0 Å². The minimum atomic E-state index is -0.475. The highest BCUT2D eigenvalue weighted by molar-refractivity contribution is 9.10. The van der Waals surface area contributed by atoms with Crippen molar-refractivity contribution in [1.29, 1.82) is 0 Å². The molecule has 3 heteroatoms. The molecule has 0 bridgehead atoms. The molecule has 0 aromatic heterocycles. The average molecular weight is 370 g/mol. The molecule has 2 aromatic rings. The van der Waals surface area contributed by atoms with Gasteiger partial charge in [-0.2, -0.15) is 0 Å². The van der Waals surface area contributed by atoms with Crippen LogP contribution in [0.4, 0.5) is 4.39 Å². The molecule has 112 valence electrons. The van der Waals surface area contributed by atoms with Gasteiger partial charge in [-0.15, -0.1) is 11.6 Å². The zero-order valence-corrected chi connectivity index (χ0v) is 14.8. The molecule has 0 aliphatic heterocycles. The summed E-state index contributed by atoms with van der Waals surface area (Å²) in [6.07, 6.45) is 1.07. The summed E-state index contributed by atoms with van der Waals surface area (Å²) in [4.78, 5) is 0. The van der Waals surface area contributed by atoms with Crippen LogP contribution in [-0.4, -0.2) is 0 Å². The van der Waals surface area contributed by atoms with Crippen LogP contribution < -0.4 is 0 Å². The topological polar surface area (TPSA) is 0 Å². The minimum Gasteiger partial charge on any atom is -0.207 e. The highest BCUT2D eigenvalue weighted by Gasteiger charge is 2.20. The Kier molecular flexibility index (Phi) is 5.11. The SMILES string of the molecule is CCC(C)(C)c1ccc(C(Cl)c2ccc(Br)cc2F)cc1. The van der Waals surface area contributed by atoms with Gasteiger partial charge >= 0.3 is 0 Å². The van der Waals surface area contributed by atoms with Crippen molar-refractivity contribution < 1.29 is 4.39 Å². The van der Waals surface area contributed by atoms with Crippen molar-refractivity contribution in [3.05, 3.63) is 69.4 Å². The van der Waals surface area contributed by atoms with E-state index in [-0.39, 0.29) is 11.2 Å². The fraction of sp³-hybridized carbons (Fsp3) is 0.333. The summed E-state index contributed by atoms with van der Waals surface area (Å²) in [5.74, 6) is -0.290. The van der Waals surface area contributed by atoms with Gasteiger partial charge in [0.15, 0.2) is 0 Å². The first-order valence-electron chi connectivity index (χ1n) is 7.04. The highest BCUT2D eigenvalue weighted by Crippen LogP contribution is 2.34. The fourth-order valence-corrected chi connectivity index (χ4v) is 2.85. The number of halogens is 3. The van der Waals surface area contributed by atoms with Gasteiger partial charge in [-0.05, 0) is 35.1 Å². The van der Waals surface area contributed by atoms with Crippen LogP contribution in [0, 0.1) is 5.82 Å². The highest BCUT2D eigenvalue weighted by atomic mass is 79.9. The quantitative estimate of drug-likeness (QED) is 0.532. The normalized spacial score (nSPS) is 13.2. The zero-order valence-electron chi connectivity index (χ0n) is 12.5. The second-order valence-corrected chi connectivity index (χ2v) is 7.24. The molecule has 2 aromatic carbocycles. The standard InChI is InChI=1S/C18H19BrClF/c1-4-18(2,3)13-7-5-12(6-8-13)17(20)15-10-9-14(19)11-16(15)21/h5-11,17H,4H2,1-3H3. The number of hydrogen-bond acceptors (Lipinski definition) is 0. The van der Waals surface area contributed by atoms with Gasteiger partial charge in [0, 0.05) is 10.0 Å². The molecular formula is C18H19BrClF. The second-order valence-electron chi connectivity index (χ2n) is 5.89. The maximum absolute atomic E-state index is 14.0. The van der Waals surface area contributed by atoms with Crippen molar-refractivity contribution >= 4 is 27.5 Å². The first kappa shape index (κ1) is 16.5. The predicted molar refractivity (Wildman–Crippen MR) is 91.6 cm³/mol. The van der Waals surface area contributed by atoms with Crippen LogP contribution in [0.25, 0.3) is 0 Å². The lowest BCUT2D eigenvalue weighted by atomic mass is 9.82. The molecule has 0 radical (unpaired) electrons. The van der Waals surface area contributed by atoms with E-state index in [0.29, 0.717) is 10.0 Å². The van der Waals surface area contributed by atoms with Gasteiger partial charge in [0.25, 0.3) is 0 Å². The predicted octanol–water partition coefficient (Wildman–Crippen LogP) is 6.60. The van der Waals surface area contributed by atoms with E-state index in [1.165, 1.54) is 11.6 Å². The molecule has 0 heterocycles. The van der Waals surface area contributed by atoms with Gasteiger partial charge in [-0.3, -0.25) is 0 Å². The monoisotopic (exact) mass is 368 g/mol. The Labute approximate surface area is 139 Å². The summed E-state index contributed by atoms with van der Waals surface area (Å²) in [5, 5.41) is -0.475.